The van der Waals surface area contributed by atoms with Crippen molar-refractivity contribution in [3.63, 3.8) is 0 Å². The fraction of sp³-hybridized carbons (Fsp3) is 0.267. The van der Waals surface area contributed by atoms with Crippen molar-refractivity contribution in [2.24, 2.45) is 0 Å². The van der Waals surface area contributed by atoms with Gasteiger partial charge >= 0.3 is 0 Å². The molecule has 0 bridgehead atoms. The normalized spacial score (nSPS) is 10.5. The SMILES string of the molecule is Cc1ccc(OCc2ccc(F)cc2C)c(CO)n1. The summed E-state index contributed by atoms with van der Waals surface area (Å²) in [5.41, 5.74) is 3.09. The van der Waals surface area contributed by atoms with Gasteiger partial charge in [-0.25, -0.2) is 4.39 Å². The molecule has 0 atom stereocenters. The van der Waals surface area contributed by atoms with Crippen molar-refractivity contribution < 1.29 is 14.2 Å². The Bertz CT molecular complexity index is 584. The fourth-order valence-corrected chi connectivity index (χ4v) is 1.82. The molecule has 0 aliphatic carbocycles. The van der Waals surface area contributed by atoms with E-state index in [4.69, 9.17) is 4.74 Å². The molecule has 0 saturated heterocycles. The minimum Gasteiger partial charge on any atom is -0.487 e. The topological polar surface area (TPSA) is 42.4 Å². The standard InChI is InChI=1S/C15H16FNO2/c1-10-7-13(16)5-4-12(10)9-19-15-6-3-11(2)17-14(15)8-18/h3-7,18H,8-9H2,1-2H3. The number of aromatic nitrogens is 1. The summed E-state index contributed by atoms with van der Waals surface area (Å²) in [6.45, 7) is 3.85. The lowest BCUT2D eigenvalue weighted by atomic mass is 10.1. The Morgan fingerprint density at radius 1 is 1.21 bits per heavy atom. The Morgan fingerprint density at radius 3 is 2.68 bits per heavy atom. The molecule has 1 heterocycles. The lowest BCUT2D eigenvalue weighted by Gasteiger charge is -2.11. The van der Waals surface area contributed by atoms with Crippen LogP contribution in [0.3, 0.4) is 0 Å². The van der Waals surface area contributed by atoms with Crippen molar-refractivity contribution in [3.05, 3.63) is 58.7 Å². The number of rotatable bonds is 4. The molecule has 0 amide bonds. The number of hydrogen-bond acceptors (Lipinski definition) is 3. The molecule has 0 unspecified atom stereocenters. The highest BCUT2D eigenvalue weighted by Crippen LogP contribution is 2.19. The van der Waals surface area contributed by atoms with Crippen LogP contribution in [0.5, 0.6) is 5.75 Å². The van der Waals surface area contributed by atoms with Gasteiger partial charge in [0.1, 0.15) is 23.9 Å². The number of hydrogen-bond donors (Lipinski definition) is 1. The van der Waals surface area contributed by atoms with Gasteiger partial charge in [0.05, 0.1) is 6.61 Å². The third-order valence-electron chi connectivity index (χ3n) is 2.91. The predicted octanol–water partition coefficient (Wildman–Crippen LogP) is 2.91. The molecule has 19 heavy (non-hydrogen) atoms. The van der Waals surface area contributed by atoms with E-state index in [1.807, 2.05) is 19.9 Å². The van der Waals surface area contributed by atoms with Gasteiger partial charge in [0, 0.05) is 5.69 Å². The van der Waals surface area contributed by atoms with E-state index in [1.165, 1.54) is 12.1 Å². The molecule has 2 aromatic rings. The van der Waals surface area contributed by atoms with Crippen molar-refractivity contribution in [2.75, 3.05) is 0 Å². The van der Waals surface area contributed by atoms with E-state index in [1.54, 1.807) is 12.1 Å². The number of aliphatic hydroxyl groups excluding tert-OH is 1. The fourth-order valence-electron chi connectivity index (χ4n) is 1.82. The van der Waals surface area contributed by atoms with Gasteiger partial charge < -0.3 is 9.84 Å². The quantitative estimate of drug-likeness (QED) is 0.920. The van der Waals surface area contributed by atoms with Crippen LogP contribution in [-0.2, 0) is 13.2 Å². The summed E-state index contributed by atoms with van der Waals surface area (Å²) in [7, 11) is 0. The number of ether oxygens (including phenoxy) is 1. The molecule has 1 N–H and O–H groups in total. The number of aryl methyl sites for hydroxylation is 2. The average Bonchev–Trinajstić information content (AvgIpc) is 2.39. The summed E-state index contributed by atoms with van der Waals surface area (Å²) in [6, 6.07) is 8.19. The Labute approximate surface area is 111 Å². The summed E-state index contributed by atoms with van der Waals surface area (Å²) in [4.78, 5) is 4.21. The van der Waals surface area contributed by atoms with Crippen LogP contribution in [0, 0.1) is 19.7 Å². The first-order valence-electron chi connectivity index (χ1n) is 6.05. The van der Waals surface area contributed by atoms with Crippen molar-refractivity contribution >= 4 is 0 Å². The maximum Gasteiger partial charge on any atom is 0.143 e. The molecular weight excluding hydrogens is 245 g/mol. The van der Waals surface area contributed by atoms with Gasteiger partial charge in [0.2, 0.25) is 0 Å². The molecule has 1 aromatic heterocycles. The van der Waals surface area contributed by atoms with Crippen molar-refractivity contribution in [2.45, 2.75) is 27.1 Å². The molecule has 0 fully saturated rings. The number of benzene rings is 1. The summed E-state index contributed by atoms with van der Waals surface area (Å²) in [5, 5.41) is 9.24. The Morgan fingerprint density at radius 2 is 2.00 bits per heavy atom. The zero-order valence-electron chi connectivity index (χ0n) is 11.0. The molecule has 4 heteroatoms. The van der Waals surface area contributed by atoms with E-state index < -0.39 is 0 Å². The Kier molecular flexibility index (Phi) is 4.12. The molecule has 1 aromatic carbocycles. The second kappa shape index (κ2) is 5.80. The van der Waals surface area contributed by atoms with Gasteiger partial charge in [-0.05, 0) is 49.2 Å². The molecule has 0 aliphatic rings. The summed E-state index contributed by atoms with van der Waals surface area (Å²) in [6.07, 6.45) is 0. The third-order valence-corrected chi connectivity index (χ3v) is 2.91. The molecule has 0 spiro atoms. The van der Waals surface area contributed by atoms with E-state index in [9.17, 15) is 9.50 Å². The first-order chi connectivity index (χ1) is 9.10. The summed E-state index contributed by atoms with van der Waals surface area (Å²) >= 11 is 0. The molecule has 0 radical (unpaired) electrons. The smallest absolute Gasteiger partial charge is 0.143 e. The van der Waals surface area contributed by atoms with Crippen LogP contribution in [-0.4, -0.2) is 10.1 Å². The highest BCUT2D eigenvalue weighted by molar-refractivity contribution is 5.30. The first-order valence-corrected chi connectivity index (χ1v) is 6.05. The number of halogens is 1. The van der Waals surface area contributed by atoms with Crippen LogP contribution in [0.1, 0.15) is 22.5 Å². The maximum absolute atomic E-state index is 13.0. The number of pyridine rings is 1. The van der Waals surface area contributed by atoms with Gasteiger partial charge in [-0.3, -0.25) is 4.98 Å². The summed E-state index contributed by atoms with van der Waals surface area (Å²) in [5.74, 6) is 0.297. The number of aliphatic hydroxyl groups is 1. The van der Waals surface area contributed by atoms with E-state index in [2.05, 4.69) is 4.98 Å². The minimum absolute atomic E-state index is 0.167. The van der Waals surface area contributed by atoms with Crippen LogP contribution in [0.2, 0.25) is 0 Å². The third kappa shape index (κ3) is 3.29. The Hall–Kier alpha value is -1.94. The van der Waals surface area contributed by atoms with Gasteiger partial charge in [0.25, 0.3) is 0 Å². The van der Waals surface area contributed by atoms with E-state index in [0.717, 1.165) is 16.8 Å². The largest absolute Gasteiger partial charge is 0.487 e. The highest BCUT2D eigenvalue weighted by Gasteiger charge is 2.06. The van der Waals surface area contributed by atoms with E-state index in [-0.39, 0.29) is 12.4 Å². The van der Waals surface area contributed by atoms with Gasteiger partial charge in [-0.1, -0.05) is 6.07 Å². The van der Waals surface area contributed by atoms with Crippen LogP contribution >= 0.6 is 0 Å². The monoisotopic (exact) mass is 261 g/mol. The minimum atomic E-state index is -0.255. The summed E-state index contributed by atoms with van der Waals surface area (Å²) < 4.78 is 18.6. The van der Waals surface area contributed by atoms with E-state index in [0.29, 0.717) is 18.1 Å². The molecular formula is C15H16FNO2. The van der Waals surface area contributed by atoms with Crippen LogP contribution < -0.4 is 4.74 Å². The predicted molar refractivity (Wildman–Crippen MR) is 70.4 cm³/mol. The van der Waals surface area contributed by atoms with E-state index >= 15 is 0 Å². The molecule has 3 nitrogen and oxygen atoms in total. The molecule has 100 valence electrons. The lowest BCUT2D eigenvalue weighted by Crippen LogP contribution is -2.03. The zero-order chi connectivity index (χ0) is 13.8. The molecule has 2 rings (SSSR count). The lowest BCUT2D eigenvalue weighted by molar-refractivity contribution is 0.253. The van der Waals surface area contributed by atoms with Gasteiger partial charge in [0.15, 0.2) is 0 Å². The first kappa shape index (κ1) is 13.5. The second-order valence-electron chi connectivity index (χ2n) is 4.42. The zero-order valence-corrected chi connectivity index (χ0v) is 11.0. The van der Waals surface area contributed by atoms with Gasteiger partial charge in [-0.15, -0.1) is 0 Å². The molecule has 0 saturated carbocycles. The number of nitrogens with zero attached hydrogens (tertiary/aromatic N) is 1. The van der Waals surface area contributed by atoms with Crippen LogP contribution in [0.25, 0.3) is 0 Å². The highest BCUT2D eigenvalue weighted by atomic mass is 19.1. The second-order valence-corrected chi connectivity index (χ2v) is 4.42. The van der Waals surface area contributed by atoms with Crippen molar-refractivity contribution in [1.29, 1.82) is 0 Å². The maximum atomic E-state index is 13.0. The average molecular weight is 261 g/mol. The van der Waals surface area contributed by atoms with Crippen molar-refractivity contribution in [1.82, 2.24) is 4.98 Å². The Balaban J connectivity index is 2.14. The van der Waals surface area contributed by atoms with Crippen LogP contribution in [0.4, 0.5) is 4.39 Å². The van der Waals surface area contributed by atoms with Gasteiger partial charge in [-0.2, -0.15) is 0 Å². The van der Waals surface area contributed by atoms with Crippen molar-refractivity contribution in [3.8, 4) is 5.75 Å². The molecule has 0 aliphatic heterocycles. The van der Waals surface area contributed by atoms with Crippen LogP contribution in [0.15, 0.2) is 30.3 Å².